The van der Waals surface area contributed by atoms with E-state index in [0.717, 1.165) is 5.92 Å². The largest absolute Gasteiger partial charge is 0.328 e. The Morgan fingerprint density at radius 3 is 2.06 bits per heavy atom. The maximum absolute atomic E-state index is 5.94. The van der Waals surface area contributed by atoms with E-state index >= 15 is 0 Å². The zero-order valence-corrected chi connectivity index (χ0v) is 10.4. The van der Waals surface area contributed by atoms with Gasteiger partial charge in [-0.3, -0.25) is 0 Å². The lowest BCUT2D eigenvalue weighted by Crippen LogP contribution is -2.25. The van der Waals surface area contributed by atoms with Gasteiger partial charge in [0.2, 0.25) is 0 Å². The van der Waals surface area contributed by atoms with Crippen LogP contribution in [0.4, 0.5) is 0 Å². The molecule has 2 N–H and O–H groups in total. The van der Waals surface area contributed by atoms with E-state index < -0.39 is 0 Å². The van der Waals surface area contributed by atoms with Crippen LogP contribution in [0.5, 0.6) is 0 Å². The van der Waals surface area contributed by atoms with E-state index in [0.29, 0.717) is 12.0 Å². The molecule has 1 fully saturated rings. The summed E-state index contributed by atoms with van der Waals surface area (Å²) in [5.41, 5.74) is 8.89. The summed E-state index contributed by atoms with van der Waals surface area (Å²) in [5.74, 6) is 1.38. The van der Waals surface area contributed by atoms with Crippen molar-refractivity contribution in [2.75, 3.05) is 0 Å². The predicted octanol–water partition coefficient (Wildman–Crippen LogP) is 3.79. The second kappa shape index (κ2) is 5.01. The van der Waals surface area contributed by atoms with Crippen LogP contribution in [0.15, 0.2) is 24.3 Å². The summed E-state index contributed by atoms with van der Waals surface area (Å²) in [5, 5.41) is 0. The van der Waals surface area contributed by atoms with Gasteiger partial charge in [0, 0.05) is 6.04 Å². The van der Waals surface area contributed by atoms with Crippen molar-refractivity contribution in [2.24, 2.45) is 5.73 Å². The van der Waals surface area contributed by atoms with Gasteiger partial charge in [-0.2, -0.15) is 0 Å². The van der Waals surface area contributed by atoms with Crippen LogP contribution in [0.25, 0.3) is 0 Å². The molecule has 0 atom stereocenters. The van der Waals surface area contributed by atoms with E-state index in [1.165, 1.54) is 36.8 Å². The molecular weight excluding hydrogens is 194 g/mol. The second-order valence-electron chi connectivity index (χ2n) is 5.43. The first-order chi connectivity index (χ1) is 7.66. The van der Waals surface area contributed by atoms with E-state index in [1.807, 2.05) is 0 Å². The minimum Gasteiger partial charge on any atom is -0.328 e. The van der Waals surface area contributed by atoms with Crippen LogP contribution >= 0.6 is 0 Å². The van der Waals surface area contributed by atoms with Crippen LogP contribution < -0.4 is 5.73 Å². The zero-order valence-electron chi connectivity index (χ0n) is 10.4. The number of rotatable bonds is 2. The summed E-state index contributed by atoms with van der Waals surface area (Å²) >= 11 is 0. The summed E-state index contributed by atoms with van der Waals surface area (Å²) in [4.78, 5) is 0. The molecule has 1 nitrogen and oxygen atoms in total. The van der Waals surface area contributed by atoms with E-state index in [1.54, 1.807) is 0 Å². The molecule has 0 bridgehead atoms. The van der Waals surface area contributed by atoms with Crippen molar-refractivity contribution in [3.8, 4) is 0 Å². The predicted molar refractivity (Wildman–Crippen MR) is 69.7 cm³/mol. The number of hydrogen-bond donors (Lipinski definition) is 1. The number of nitrogens with two attached hydrogens (primary N) is 1. The van der Waals surface area contributed by atoms with E-state index in [4.69, 9.17) is 5.73 Å². The molecule has 1 aliphatic rings. The minimum absolute atomic E-state index is 0.450. The Balaban J connectivity index is 2.04. The lowest BCUT2D eigenvalue weighted by molar-refractivity contribution is 0.395. The molecule has 1 saturated carbocycles. The van der Waals surface area contributed by atoms with E-state index in [-0.39, 0.29) is 0 Å². The van der Waals surface area contributed by atoms with Crippen molar-refractivity contribution in [3.63, 3.8) is 0 Å². The van der Waals surface area contributed by atoms with Gasteiger partial charge in [0.15, 0.2) is 0 Å². The highest BCUT2D eigenvalue weighted by molar-refractivity contribution is 5.27. The van der Waals surface area contributed by atoms with Gasteiger partial charge in [-0.15, -0.1) is 0 Å². The van der Waals surface area contributed by atoms with Gasteiger partial charge in [-0.25, -0.2) is 0 Å². The second-order valence-corrected chi connectivity index (χ2v) is 5.43. The van der Waals surface area contributed by atoms with Gasteiger partial charge in [-0.05, 0) is 48.6 Å². The van der Waals surface area contributed by atoms with Crippen molar-refractivity contribution in [1.82, 2.24) is 0 Å². The molecule has 0 spiro atoms. The zero-order chi connectivity index (χ0) is 11.5. The van der Waals surface area contributed by atoms with Crippen molar-refractivity contribution in [1.29, 1.82) is 0 Å². The van der Waals surface area contributed by atoms with Crippen LogP contribution in [-0.4, -0.2) is 6.04 Å². The molecule has 0 radical (unpaired) electrons. The first-order valence-corrected chi connectivity index (χ1v) is 6.52. The highest BCUT2D eigenvalue weighted by Crippen LogP contribution is 2.32. The fourth-order valence-corrected chi connectivity index (χ4v) is 2.61. The third-order valence-electron chi connectivity index (χ3n) is 3.85. The van der Waals surface area contributed by atoms with Crippen LogP contribution in [-0.2, 0) is 0 Å². The molecule has 1 heteroatoms. The van der Waals surface area contributed by atoms with Gasteiger partial charge in [0.25, 0.3) is 0 Å². The first kappa shape index (κ1) is 11.7. The summed E-state index contributed by atoms with van der Waals surface area (Å²) in [6.45, 7) is 4.49. The third-order valence-corrected chi connectivity index (χ3v) is 3.85. The Hall–Kier alpha value is -0.820. The van der Waals surface area contributed by atoms with Crippen molar-refractivity contribution < 1.29 is 0 Å². The van der Waals surface area contributed by atoms with E-state index in [9.17, 15) is 0 Å². The number of hydrogen-bond acceptors (Lipinski definition) is 1. The molecule has 0 heterocycles. The van der Waals surface area contributed by atoms with Gasteiger partial charge < -0.3 is 5.73 Å². The monoisotopic (exact) mass is 217 g/mol. The lowest BCUT2D eigenvalue weighted by atomic mass is 9.81. The van der Waals surface area contributed by atoms with Gasteiger partial charge in [-0.1, -0.05) is 38.1 Å². The Kier molecular flexibility index (Phi) is 3.65. The molecule has 0 aliphatic heterocycles. The molecule has 0 unspecified atom stereocenters. The molecule has 2 rings (SSSR count). The fourth-order valence-electron chi connectivity index (χ4n) is 2.61. The molecule has 16 heavy (non-hydrogen) atoms. The SMILES string of the molecule is CC(C)c1ccc(C2CCC(N)CC2)cc1. The van der Waals surface area contributed by atoms with Crippen molar-refractivity contribution in [2.45, 2.75) is 57.4 Å². The maximum atomic E-state index is 5.94. The van der Waals surface area contributed by atoms with Crippen LogP contribution in [0.1, 0.15) is 62.5 Å². The average molecular weight is 217 g/mol. The summed E-state index contributed by atoms with van der Waals surface area (Å²) in [6, 6.07) is 9.66. The van der Waals surface area contributed by atoms with E-state index in [2.05, 4.69) is 38.1 Å². The van der Waals surface area contributed by atoms with Crippen LogP contribution in [0.3, 0.4) is 0 Å². The summed E-state index contributed by atoms with van der Waals surface area (Å²) < 4.78 is 0. The highest BCUT2D eigenvalue weighted by Gasteiger charge is 2.19. The highest BCUT2D eigenvalue weighted by atomic mass is 14.6. The van der Waals surface area contributed by atoms with Crippen LogP contribution in [0.2, 0.25) is 0 Å². The lowest BCUT2D eigenvalue weighted by Gasteiger charge is -2.26. The van der Waals surface area contributed by atoms with Crippen molar-refractivity contribution in [3.05, 3.63) is 35.4 Å². The smallest absolute Gasteiger partial charge is 0.00392 e. The molecule has 1 aliphatic carbocycles. The molecule has 0 amide bonds. The normalized spacial score (nSPS) is 26.0. The molecule has 1 aromatic rings. The molecular formula is C15H23N. The third kappa shape index (κ3) is 2.65. The van der Waals surface area contributed by atoms with Gasteiger partial charge in [0.1, 0.15) is 0 Å². The quantitative estimate of drug-likeness (QED) is 0.801. The Morgan fingerprint density at radius 1 is 1.00 bits per heavy atom. The molecule has 0 aromatic heterocycles. The Bertz CT molecular complexity index is 318. The summed E-state index contributed by atoms with van der Waals surface area (Å²) in [6.07, 6.45) is 4.91. The topological polar surface area (TPSA) is 26.0 Å². The fraction of sp³-hybridized carbons (Fsp3) is 0.600. The maximum Gasteiger partial charge on any atom is 0.00392 e. The van der Waals surface area contributed by atoms with Gasteiger partial charge >= 0.3 is 0 Å². The standard InChI is InChI=1S/C15H23N/c1-11(2)12-3-5-13(6-4-12)14-7-9-15(16)10-8-14/h3-6,11,14-15H,7-10,16H2,1-2H3. The first-order valence-electron chi connectivity index (χ1n) is 6.52. The molecule has 0 saturated heterocycles. The molecule has 88 valence electrons. The van der Waals surface area contributed by atoms with Crippen LogP contribution in [0, 0.1) is 0 Å². The molecule has 1 aromatic carbocycles. The van der Waals surface area contributed by atoms with Crippen molar-refractivity contribution >= 4 is 0 Å². The Labute approximate surface area is 99.0 Å². The van der Waals surface area contributed by atoms with Gasteiger partial charge in [0.05, 0.1) is 0 Å². The summed E-state index contributed by atoms with van der Waals surface area (Å²) in [7, 11) is 0. The Morgan fingerprint density at radius 2 is 1.56 bits per heavy atom. The number of benzene rings is 1. The minimum atomic E-state index is 0.450. The average Bonchev–Trinajstić information content (AvgIpc) is 2.30.